The highest BCUT2D eigenvalue weighted by molar-refractivity contribution is 6.44. The molecule has 1 aromatic rings. The monoisotopic (exact) mass is 250 g/mol. The number of aliphatic hydroxyl groups is 1. The first kappa shape index (κ1) is 12.4. The van der Waals surface area contributed by atoms with Crippen LogP contribution in [-0.4, -0.2) is 24.2 Å². The second kappa shape index (κ2) is 5.45. The van der Waals surface area contributed by atoms with E-state index >= 15 is 0 Å². The lowest BCUT2D eigenvalue weighted by Gasteiger charge is -2.14. The van der Waals surface area contributed by atoms with Crippen LogP contribution >= 0.6 is 23.2 Å². The first-order chi connectivity index (χ1) is 7.10. The summed E-state index contributed by atoms with van der Waals surface area (Å²) in [6, 6.07) is 5.01. The second-order valence-electron chi connectivity index (χ2n) is 2.89. The van der Waals surface area contributed by atoms with Crippen LogP contribution in [0.1, 0.15) is 11.7 Å². The lowest BCUT2D eigenvalue weighted by molar-refractivity contribution is 0.192. The van der Waals surface area contributed by atoms with Gasteiger partial charge in [-0.2, -0.15) is 0 Å². The van der Waals surface area contributed by atoms with Gasteiger partial charge in [-0.05, 0) is 17.7 Å². The van der Waals surface area contributed by atoms with Crippen molar-refractivity contribution in [2.45, 2.75) is 10.9 Å². The summed E-state index contributed by atoms with van der Waals surface area (Å²) in [6.45, 7) is 0. The van der Waals surface area contributed by atoms with E-state index in [1.54, 1.807) is 25.3 Å². The van der Waals surface area contributed by atoms with Crippen molar-refractivity contribution in [3.05, 3.63) is 23.8 Å². The lowest BCUT2D eigenvalue weighted by atomic mass is 10.1. The number of hydrogen-bond acceptors (Lipinski definition) is 3. The molecule has 0 aliphatic rings. The minimum absolute atomic E-state index is 0.531. The van der Waals surface area contributed by atoms with Crippen LogP contribution in [0, 0.1) is 0 Å². The summed E-state index contributed by atoms with van der Waals surface area (Å²) in [6.07, 6.45) is -0.937. The van der Waals surface area contributed by atoms with Crippen LogP contribution in [0.15, 0.2) is 18.2 Å². The minimum atomic E-state index is -0.937. The van der Waals surface area contributed by atoms with E-state index in [4.69, 9.17) is 32.7 Å². The van der Waals surface area contributed by atoms with Gasteiger partial charge in [0.05, 0.1) is 14.2 Å². The van der Waals surface area contributed by atoms with E-state index in [-0.39, 0.29) is 0 Å². The maximum Gasteiger partial charge on any atom is 0.161 e. The van der Waals surface area contributed by atoms with Crippen LogP contribution < -0.4 is 9.47 Å². The zero-order valence-corrected chi connectivity index (χ0v) is 9.92. The summed E-state index contributed by atoms with van der Waals surface area (Å²) in [5.41, 5.74) is 0.586. The van der Waals surface area contributed by atoms with Crippen LogP contribution in [0.3, 0.4) is 0 Å². The van der Waals surface area contributed by atoms with Crippen molar-refractivity contribution in [2.24, 2.45) is 0 Å². The normalized spacial score (nSPS) is 12.7. The second-order valence-corrected chi connectivity index (χ2v) is 4.06. The van der Waals surface area contributed by atoms with E-state index in [2.05, 4.69) is 0 Å². The van der Waals surface area contributed by atoms with Crippen molar-refractivity contribution in [2.75, 3.05) is 14.2 Å². The van der Waals surface area contributed by atoms with Gasteiger partial charge in [0.15, 0.2) is 11.5 Å². The van der Waals surface area contributed by atoms with Gasteiger partial charge in [-0.3, -0.25) is 0 Å². The standard InChI is InChI=1S/C10H12Cl2O3/c1-14-7-4-3-6(5-8(7)15-2)9(13)10(11)12/h3-5,9-10,13H,1-2H3. The molecule has 0 heterocycles. The Morgan fingerprint density at radius 2 is 1.73 bits per heavy atom. The largest absolute Gasteiger partial charge is 0.493 e. The maximum atomic E-state index is 9.62. The summed E-state index contributed by atoms with van der Waals surface area (Å²) in [7, 11) is 3.06. The number of alkyl halides is 2. The van der Waals surface area contributed by atoms with E-state index < -0.39 is 10.9 Å². The van der Waals surface area contributed by atoms with Crippen molar-refractivity contribution >= 4 is 23.2 Å². The number of aliphatic hydroxyl groups excluding tert-OH is 1. The number of ether oxygens (including phenoxy) is 2. The Labute approximate surface area is 98.5 Å². The molecule has 0 amide bonds. The fourth-order valence-electron chi connectivity index (χ4n) is 1.18. The summed E-state index contributed by atoms with van der Waals surface area (Å²) in [5.74, 6) is 1.12. The van der Waals surface area contributed by atoms with Gasteiger partial charge < -0.3 is 14.6 Å². The fourth-order valence-corrected chi connectivity index (χ4v) is 1.47. The first-order valence-electron chi connectivity index (χ1n) is 4.28. The highest BCUT2D eigenvalue weighted by Gasteiger charge is 2.17. The SMILES string of the molecule is COc1ccc(C(O)C(Cl)Cl)cc1OC. The van der Waals surface area contributed by atoms with Crippen LogP contribution in [0.5, 0.6) is 11.5 Å². The van der Waals surface area contributed by atoms with Crippen molar-refractivity contribution in [3.8, 4) is 11.5 Å². The molecule has 1 rings (SSSR count). The predicted octanol–water partition coefficient (Wildman–Crippen LogP) is 2.54. The molecule has 1 N–H and O–H groups in total. The quantitative estimate of drug-likeness (QED) is 0.835. The van der Waals surface area contributed by atoms with Gasteiger partial charge >= 0.3 is 0 Å². The number of hydrogen-bond donors (Lipinski definition) is 1. The number of methoxy groups -OCH3 is 2. The third-order valence-corrected chi connectivity index (χ3v) is 2.47. The smallest absolute Gasteiger partial charge is 0.161 e. The van der Waals surface area contributed by atoms with E-state index in [1.807, 2.05) is 0 Å². The minimum Gasteiger partial charge on any atom is -0.493 e. The molecule has 0 spiro atoms. The molecular weight excluding hydrogens is 239 g/mol. The number of benzene rings is 1. The van der Waals surface area contributed by atoms with Gasteiger partial charge in [0.1, 0.15) is 10.9 Å². The molecule has 0 bridgehead atoms. The highest BCUT2D eigenvalue weighted by atomic mass is 35.5. The Balaban J connectivity index is 3.02. The van der Waals surface area contributed by atoms with Crippen LogP contribution in [0.4, 0.5) is 0 Å². The molecule has 0 saturated heterocycles. The molecule has 0 aliphatic carbocycles. The zero-order valence-electron chi connectivity index (χ0n) is 8.41. The number of halogens is 2. The molecule has 0 aliphatic heterocycles. The van der Waals surface area contributed by atoms with Gasteiger partial charge in [0.25, 0.3) is 0 Å². The van der Waals surface area contributed by atoms with Gasteiger partial charge in [-0.1, -0.05) is 6.07 Å². The molecule has 1 unspecified atom stereocenters. The zero-order chi connectivity index (χ0) is 11.4. The third kappa shape index (κ3) is 2.91. The average molecular weight is 251 g/mol. The average Bonchev–Trinajstić information content (AvgIpc) is 2.26. The Kier molecular flexibility index (Phi) is 4.51. The van der Waals surface area contributed by atoms with Crippen molar-refractivity contribution < 1.29 is 14.6 Å². The van der Waals surface area contributed by atoms with E-state index in [1.165, 1.54) is 7.11 Å². The molecule has 0 radical (unpaired) electrons. The Morgan fingerprint density at radius 3 is 2.20 bits per heavy atom. The van der Waals surface area contributed by atoms with E-state index in [0.29, 0.717) is 17.1 Å². The van der Waals surface area contributed by atoms with Crippen molar-refractivity contribution in [1.29, 1.82) is 0 Å². The van der Waals surface area contributed by atoms with Gasteiger partial charge in [-0.25, -0.2) is 0 Å². The van der Waals surface area contributed by atoms with Crippen LogP contribution in [0.2, 0.25) is 0 Å². The van der Waals surface area contributed by atoms with Gasteiger partial charge in [0.2, 0.25) is 0 Å². The molecule has 0 saturated carbocycles. The maximum absolute atomic E-state index is 9.62. The fraction of sp³-hybridized carbons (Fsp3) is 0.400. The third-order valence-electron chi connectivity index (χ3n) is 1.99. The van der Waals surface area contributed by atoms with E-state index in [9.17, 15) is 5.11 Å². The summed E-state index contributed by atoms with van der Waals surface area (Å²) in [5, 5.41) is 9.62. The molecule has 5 heteroatoms. The molecule has 3 nitrogen and oxygen atoms in total. The Bertz CT molecular complexity index is 328. The molecule has 1 aromatic carbocycles. The molecule has 1 atom stereocenters. The first-order valence-corrected chi connectivity index (χ1v) is 5.15. The highest BCUT2D eigenvalue weighted by Crippen LogP contribution is 2.32. The van der Waals surface area contributed by atoms with Crippen molar-refractivity contribution in [1.82, 2.24) is 0 Å². The lowest BCUT2D eigenvalue weighted by Crippen LogP contribution is -2.06. The molecule has 0 fully saturated rings. The summed E-state index contributed by atoms with van der Waals surface area (Å²) >= 11 is 11.2. The van der Waals surface area contributed by atoms with Gasteiger partial charge in [-0.15, -0.1) is 23.2 Å². The summed E-state index contributed by atoms with van der Waals surface area (Å²) in [4.78, 5) is -0.872. The molecule has 84 valence electrons. The summed E-state index contributed by atoms with van der Waals surface area (Å²) < 4.78 is 10.1. The van der Waals surface area contributed by atoms with Crippen LogP contribution in [-0.2, 0) is 0 Å². The predicted molar refractivity (Wildman–Crippen MR) is 60.0 cm³/mol. The van der Waals surface area contributed by atoms with Crippen LogP contribution in [0.25, 0.3) is 0 Å². The Hall–Kier alpha value is -0.640. The topological polar surface area (TPSA) is 38.7 Å². The Morgan fingerprint density at radius 1 is 1.13 bits per heavy atom. The molecule has 0 aromatic heterocycles. The molecule has 15 heavy (non-hydrogen) atoms. The number of rotatable bonds is 4. The van der Waals surface area contributed by atoms with Crippen molar-refractivity contribution in [3.63, 3.8) is 0 Å². The molecular formula is C10H12Cl2O3. The van der Waals surface area contributed by atoms with E-state index in [0.717, 1.165) is 0 Å². The van der Waals surface area contributed by atoms with Gasteiger partial charge in [0, 0.05) is 0 Å².